The maximum Gasteiger partial charge on any atom is 0.262 e. The van der Waals surface area contributed by atoms with Gasteiger partial charge in [-0.1, -0.05) is 6.08 Å². The third kappa shape index (κ3) is 3.35. The van der Waals surface area contributed by atoms with Gasteiger partial charge in [-0.2, -0.15) is 5.26 Å². The van der Waals surface area contributed by atoms with E-state index in [4.69, 9.17) is 9.68 Å². The van der Waals surface area contributed by atoms with Gasteiger partial charge < -0.3 is 9.73 Å². The molecule has 0 aliphatic heterocycles. The summed E-state index contributed by atoms with van der Waals surface area (Å²) in [5.74, 6) is 0.375. The molecule has 17 heavy (non-hydrogen) atoms. The van der Waals surface area contributed by atoms with Crippen molar-refractivity contribution >= 4 is 12.0 Å². The van der Waals surface area contributed by atoms with Crippen molar-refractivity contribution in [3.8, 4) is 6.07 Å². The number of rotatable bonds is 4. The summed E-state index contributed by atoms with van der Waals surface area (Å²) in [7, 11) is 0. The number of carbonyl (C=O) groups is 1. The monoisotopic (exact) mass is 228 g/mol. The average Bonchev–Trinajstić information content (AvgIpc) is 2.98. The van der Waals surface area contributed by atoms with Gasteiger partial charge >= 0.3 is 0 Å². The highest BCUT2D eigenvalue weighted by molar-refractivity contribution is 5.97. The fraction of sp³-hybridized carbons (Fsp3) is 0.231. The highest BCUT2D eigenvalue weighted by atomic mass is 16.3. The first kappa shape index (κ1) is 11.2. The molecule has 1 saturated carbocycles. The van der Waals surface area contributed by atoms with Crippen LogP contribution in [0.2, 0.25) is 0 Å². The molecule has 1 aromatic heterocycles. The largest absolute Gasteiger partial charge is 0.465 e. The van der Waals surface area contributed by atoms with Crippen molar-refractivity contribution < 1.29 is 9.21 Å². The Morgan fingerprint density at radius 1 is 1.59 bits per heavy atom. The van der Waals surface area contributed by atoms with Crippen LogP contribution in [0.4, 0.5) is 0 Å². The number of furan rings is 1. The van der Waals surface area contributed by atoms with E-state index in [1.165, 1.54) is 6.08 Å². The van der Waals surface area contributed by atoms with Crippen molar-refractivity contribution in [2.45, 2.75) is 18.9 Å². The summed E-state index contributed by atoms with van der Waals surface area (Å²) in [5, 5.41) is 11.6. The molecular weight excluding hydrogens is 216 g/mol. The van der Waals surface area contributed by atoms with Crippen LogP contribution in [-0.2, 0) is 4.79 Å². The topological polar surface area (TPSA) is 66.0 Å². The fourth-order valence-corrected chi connectivity index (χ4v) is 1.28. The second-order valence-electron chi connectivity index (χ2n) is 3.81. The molecule has 86 valence electrons. The Morgan fingerprint density at radius 3 is 3.00 bits per heavy atom. The molecule has 0 radical (unpaired) electrons. The van der Waals surface area contributed by atoms with E-state index >= 15 is 0 Å². The van der Waals surface area contributed by atoms with E-state index in [-0.39, 0.29) is 17.5 Å². The van der Waals surface area contributed by atoms with Crippen molar-refractivity contribution in [1.29, 1.82) is 5.26 Å². The predicted molar refractivity (Wildman–Crippen MR) is 62.6 cm³/mol. The first-order valence-corrected chi connectivity index (χ1v) is 5.42. The highest BCUT2D eigenvalue weighted by Crippen LogP contribution is 2.19. The first-order chi connectivity index (χ1) is 8.29. The van der Waals surface area contributed by atoms with Crippen LogP contribution in [-0.4, -0.2) is 11.9 Å². The lowest BCUT2D eigenvalue weighted by atomic mass is 10.2. The summed E-state index contributed by atoms with van der Waals surface area (Å²) in [6.07, 6.45) is 8.39. The van der Waals surface area contributed by atoms with Gasteiger partial charge in [0.25, 0.3) is 5.91 Å². The van der Waals surface area contributed by atoms with Crippen molar-refractivity contribution in [3.63, 3.8) is 0 Å². The normalized spacial score (nSPS) is 15.8. The molecule has 2 rings (SSSR count). The van der Waals surface area contributed by atoms with Crippen LogP contribution in [0.3, 0.4) is 0 Å². The van der Waals surface area contributed by atoms with E-state index in [0.29, 0.717) is 5.76 Å². The minimum atomic E-state index is -0.306. The van der Waals surface area contributed by atoms with Crippen LogP contribution >= 0.6 is 0 Å². The van der Waals surface area contributed by atoms with Gasteiger partial charge in [-0.05, 0) is 37.1 Å². The van der Waals surface area contributed by atoms with Crippen molar-refractivity contribution in [1.82, 2.24) is 5.32 Å². The van der Waals surface area contributed by atoms with Gasteiger partial charge in [-0.3, -0.25) is 4.79 Å². The van der Waals surface area contributed by atoms with Crippen LogP contribution in [0.5, 0.6) is 0 Å². The third-order valence-electron chi connectivity index (χ3n) is 2.34. The highest BCUT2D eigenvalue weighted by Gasteiger charge is 2.24. The summed E-state index contributed by atoms with van der Waals surface area (Å²) >= 11 is 0. The molecule has 1 aliphatic rings. The van der Waals surface area contributed by atoms with Crippen molar-refractivity contribution in [3.05, 3.63) is 41.9 Å². The molecule has 0 spiro atoms. The van der Waals surface area contributed by atoms with Gasteiger partial charge in [0.05, 0.1) is 6.26 Å². The number of carbonyl (C=O) groups excluding carboxylic acids is 1. The summed E-state index contributed by atoms with van der Waals surface area (Å²) < 4.78 is 5.08. The molecule has 1 fully saturated rings. The number of hydrogen-bond acceptors (Lipinski definition) is 3. The molecule has 4 heteroatoms. The Bertz CT molecular complexity index is 488. The lowest BCUT2D eigenvalue weighted by Gasteiger charge is -1.99. The molecule has 1 aromatic rings. The van der Waals surface area contributed by atoms with Gasteiger partial charge in [0.1, 0.15) is 17.4 Å². The van der Waals surface area contributed by atoms with E-state index in [9.17, 15) is 4.79 Å². The van der Waals surface area contributed by atoms with Crippen LogP contribution < -0.4 is 5.32 Å². The SMILES string of the molecule is N#C/C(=C\C=C\c1ccco1)C(=O)NC1CC1. The average molecular weight is 228 g/mol. The molecule has 1 amide bonds. The van der Waals surface area contributed by atoms with Crippen LogP contribution in [0, 0.1) is 11.3 Å². The summed E-state index contributed by atoms with van der Waals surface area (Å²) in [4.78, 5) is 11.6. The molecule has 0 unspecified atom stereocenters. The van der Waals surface area contributed by atoms with Crippen LogP contribution in [0.15, 0.2) is 40.5 Å². The zero-order chi connectivity index (χ0) is 12.1. The molecule has 1 aliphatic carbocycles. The lowest BCUT2D eigenvalue weighted by molar-refractivity contribution is -0.117. The quantitative estimate of drug-likeness (QED) is 0.487. The molecular formula is C13H12N2O2. The van der Waals surface area contributed by atoms with Crippen LogP contribution in [0.25, 0.3) is 6.08 Å². The van der Waals surface area contributed by atoms with Crippen molar-refractivity contribution in [2.24, 2.45) is 0 Å². The number of allylic oxidation sites excluding steroid dienone is 2. The van der Waals surface area contributed by atoms with E-state index in [0.717, 1.165) is 12.8 Å². The number of nitrogens with one attached hydrogen (secondary N) is 1. The van der Waals surface area contributed by atoms with Gasteiger partial charge in [0.2, 0.25) is 0 Å². The minimum absolute atomic E-state index is 0.111. The Morgan fingerprint density at radius 2 is 2.41 bits per heavy atom. The summed E-state index contributed by atoms with van der Waals surface area (Å²) in [6.45, 7) is 0. The van der Waals surface area contributed by atoms with Crippen molar-refractivity contribution in [2.75, 3.05) is 0 Å². The Balaban J connectivity index is 1.97. The Kier molecular flexibility index (Phi) is 3.41. The maximum absolute atomic E-state index is 11.6. The standard InChI is InChI=1S/C13H12N2O2/c14-9-10(13(16)15-11-6-7-11)3-1-4-12-5-2-8-17-12/h1-5,8,11H,6-7H2,(H,15,16)/b4-1+,10-3+. The maximum atomic E-state index is 11.6. The fourth-order valence-electron chi connectivity index (χ4n) is 1.28. The van der Waals surface area contributed by atoms with Gasteiger partial charge in [-0.25, -0.2) is 0 Å². The zero-order valence-corrected chi connectivity index (χ0v) is 9.22. The smallest absolute Gasteiger partial charge is 0.262 e. The Labute approximate surface area is 99.2 Å². The number of amides is 1. The van der Waals surface area contributed by atoms with E-state index in [2.05, 4.69) is 5.32 Å². The van der Waals surface area contributed by atoms with Crippen LogP contribution in [0.1, 0.15) is 18.6 Å². The number of nitriles is 1. The van der Waals surface area contributed by atoms with E-state index in [1.807, 2.05) is 6.07 Å². The van der Waals surface area contributed by atoms with E-state index in [1.54, 1.807) is 30.5 Å². The summed E-state index contributed by atoms with van der Waals surface area (Å²) in [6, 6.07) is 5.70. The molecule has 0 saturated heterocycles. The molecule has 0 aromatic carbocycles. The third-order valence-corrected chi connectivity index (χ3v) is 2.34. The molecule has 1 heterocycles. The molecule has 0 atom stereocenters. The molecule has 4 nitrogen and oxygen atoms in total. The number of hydrogen-bond donors (Lipinski definition) is 1. The second-order valence-corrected chi connectivity index (χ2v) is 3.81. The Hall–Kier alpha value is -2.28. The second kappa shape index (κ2) is 5.17. The van der Waals surface area contributed by atoms with Gasteiger partial charge in [0, 0.05) is 6.04 Å². The van der Waals surface area contributed by atoms with E-state index < -0.39 is 0 Å². The number of nitrogens with zero attached hydrogens (tertiary/aromatic N) is 1. The van der Waals surface area contributed by atoms with Gasteiger partial charge in [0.15, 0.2) is 0 Å². The first-order valence-electron chi connectivity index (χ1n) is 5.42. The summed E-state index contributed by atoms with van der Waals surface area (Å²) in [5.41, 5.74) is 0.111. The molecule has 1 N–H and O–H groups in total. The predicted octanol–water partition coefficient (Wildman–Crippen LogP) is 2.02. The minimum Gasteiger partial charge on any atom is -0.465 e. The lowest BCUT2D eigenvalue weighted by Crippen LogP contribution is -2.26. The van der Waals surface area contributed by atoms with Gasteiger partial charge in [-0.15, -0.1) is 0 Å². The zero-order valence-electron chi connectivity index (χ0n) is 9.22. The molecule has 0 bridgehead atoms.